The second-order valence-corrected chi connectivity index (χ2v) is 6.36. The molecule has 0 fully saturated rings. The Morgan fingerprint density at radius 1 is 1.29 bits per heavy atom. The fourth-order valence-corrected chi connectivity index (χ4v) is 3.00. The number of hydrogen-bond acceptors (Lipinski definition) is 5. The Labute approximate surface area is 144 Å². The van der Waals surface area contributed by atoms with Crippen molar-refractivity contribution >= 4 is 23.2 Å². The van der Waals surface area contributed by atoms with Crippen molar-refractivity contribution in [2.45, 2.75) is 26.3 Å². The number of ether oxygens (including phenoxy) is 1. The van der Waals surface area contributed by atoms with Gasteiger partial charge in [-0.25, -0.2) is 4.98 Å². The summed E-state index contributed by atoms with van der Waals surface area (Å²) < 4.78 is 5.13. The molecule has 7 heteroatoms. The van der Waals surface area contributed by atoms with Crippen LogP contribution in [0.3, 0.4) is 0 Å². The number of aromatic nitrogens is 1. The number of carboxylic acid groups (broad SMARTS) is 1. The van der Waals surface area contributed by atoms with Crippen molar-refractivity contribution in [1.29, 1.82) is 0 Å². The van der Waals surface area contributed by atoms with Crippen molar-refractivity contribution in [3.8, 4) is 16.3 Å². The molecule has 0 radical (unpaired) electrons. The van der Waals surface area contributed by atoms with Gasteiger partial charge in [-0.3, -0.25) is 9.59 Å². The molecule has 0 bridgehead atoms. The summed E-state index contributed by atoms with van der Waals surface area (Å²) in [6.07, 6.45) is -0.0839. The Morgan fingerprint density at radius 2 is 1.96 bits per heavy atom. The minimum atomic E-state index is -0.925. The van der Waals surface area contributed by atoms with E-state index in [1.807, 2.05) is 38.1 Å². The van der Waals surface area contributed by atoms with Crippen molar-refractivity contribution in [3.05, 3.63) is 35.3 Å². The van der Waals surface area contributed by atoms with Crippen LogP contribution in [0, 0.1) is 0 Å². The first-order valence-electron chi connectivity index (χ1n) is 7.55. The van der Waals surface area contributed by atoms with Gasteiger partial charge in [0.15, 0.2) is 0 Å². The van der Waals surface area contributed by atoms with Crippen molar-refractivity contribution in [1.82, 2.24) is 9.88 Å². The van der Waals surface area contributed by atoms with Gasteiger partial charge in [0.1, 0.15) is 16.5 Å². The van der Waals surface area contributed by atoms with Gasteiger partial charge in [0.2, 0.25) is 0 Å². The summed E-state index contributed by atoms with van der Waals surface area (Å²) in [7, 11) is 1.60. The van der Waals surface area contributed by atoms with Crippen LogP contribution in [-0.4, -0.2) is 46.6 Å². The molecule has 2 rings (SSSR count). The standard InChI is InChI=1S/C17H20N2O4S/c1-11(2)19(9-8-15(20)21)17(22)14-10-24-16(18-14)12-4-6-13(23-3)7-5-12/h4-7,10-11H,8-9H2,1-3H3,(H,20,21). The van der Waals surface area contributed by atoms with Gasteiger partial charge in [0, 0.05) is 23.5 Å². The van der Waals surface area contributed by atoms with Crippen LogP contribution in [0.15, 0.2) is 29.6 Å². The van der Waals surface area contributed by atoms with Crippen molar-refractivity contribution in [3.63, 3.8) is 0 Å². The second-order valence-electron chi connectivity index (χ2n) is 5.50. The number of hydrogen-bond donors (Lipinski definition) is 1. The first-order valence-corrected chi connectivity index (χ1v) is 8.43. The lowest BCUT2D eigenvalue weighted by Gasteiger charge is -2.25. The van der Waals surface area contributed by atoms with E-state index in [0.717, 1.165) is 16.3 Å². The first kappa shape index (κ1) is 17.9. The van der Waals surface area contributed by atoms with E-state index in [0.29, 0.717) is 5.69 Å². The van der Waals surface area contributed by atoms with Crippen LogP contribution >= 0.6 is 11.3 Å². The number of aliphatic carboxylic acids is 1. The van der Waals surface area contributed by atoms with Crippen LogP contribution in [0.25, 0.3) is 10.6 Å². The smallest absolute Gasteiger partial charge is 0.305 e. The molecule has 1 aromatic carbocycles. The molecule has 0 aliphatic heterocycles. The predicted octanol–water partition coefficient (Wildman–Crippen LogP) is 3.14. The van der Waals surface area contributed by atoms with Gasteiger partial charge in [-0.1, -0.05) is 0 Å². The van der Waals surface area contributed by atoms with Gasteiger partial charge >= 0.3 is 5.97 Å². The van der Waals surface area contributed by atoms with Gasteiger partial charge in [0.05, 0.1) is 13.5 Å². The molecule has 0 atom stereocenters. The molecule has 0 aliphatic carbocycles. The summed E-state index contributed by atoms with van der Waals surface area (Å²) in [5.41, 5.74) is 1.24. The number of methoxy groups -OCH3 is 1. The van der Waals surface area contributed by atoms with E-state index in [9.17, 15) is 9.59 Å². The highest BCUT2D eigenvalue weighted by Gasteiger charge is 2.22. The number of carboxylic acids is 1. The molecule has 1 aromatic heterocycles. The fraction of sp³-hybridized carbons (Fsp3) is 0.353. The zero-order chi connectivity index (χ0) is 17.7. The van der Waals surface area contributed by atoms with Gasteiger partial charge in [-0.2, -0.15) is 0 Å². The fourth-order valence-electron chi connectivity index (χ4n) is 2.20. The second kappa shape index (κ2) is 7.92. The van der Waals surface area contributed by atoms with E-state index in [1.165, 1.54) is 16.2 Å². The van der Waals surface area contributed by atoms with Crippen LogP contribution in [0.4, 0.5) is 0 Å². The number of carbonyl (C=O) groups excluding carboxylic acids is 1. The Hall–Kier alpha value is -2.41. The van der Waals surface area contributed by atoms with Gasteiger partial charge < -0.3 is 14.7 Å². The number of carbonyl (C=O) groups is 2. The molecule has 0 saturated carbocycles. The Morgan fingerprint density at radius 3 is 2.50 bits per heavy atom. The summed E-state index contributed by atoms with van der Waals surface area (Å²) in [5, 5.41) is 11.3. The number of amides is 1. The third kappa shape index (κ3) is 4.32. The molecule has 6 nitrogen and oxygen atoms in total. The molecule has 0 unspecified atom stereocenters. The maximum absolute atomic E-state index is 12.6. The summed E-state index contributed by atoms with van der Waals surface area (Å²) in [6, 6.07) is 7.35. The van der Waals surface area contributed by atoms with E-state index < -0.39 is 5.97 Å². The first-order chi connectivity index (χ1) is 11.4. The topological polar surface area (TPSA) is 79.7 Å². The number of benzene rings is 1. The van der Waals surface area contributed by atoms with E-state index in [1.54, 1.807) is 12.5 Å². The third-order valence-electron chi connectivity index (χ3n) is 3.51. The molecular formula is C17H20N2O4S. The van der Waals surface area contributed by atoms with Crippen LogP contribution < -0.4 is 4.74 Å². The minimum Gasteiger partial charge on any atom is -0.497 e. The molecule has 1 amide bonds. The Bertz CT molecular complexity index is 710. The van der Waals surface area contributed by atoms with E-state index in [4.69, 9.17) is 9.84 Å². The summed E-state index contributed by atoms with van der Waals surface area (Å²) >= 11 is 1.38. The van der Waals surface area contributed by atoms with Crippen molar-refractivity contribution in [2.24, 2.45) is 0 Å². The Kier molecular flexibility index (Phi) is 5.92. The van der Waals surface area contributed by atoms with Gasteiger partial charge in [-0.15, -0.1) is 11.3 Å². The van der Waals surface area contributed by atoms with E-state index in [2.05, 4.69) is 4.98 Å². The minimum absolute atomic E-state index is 0.0839. The van der Waals surface area contributed by atoms with Crippen LogP contribution in [0.5, 0.6) is 5.75 Å². The molecular weight excluding hydrogens is 328 g/mol. The van der Waals surface area contributed by atoms with Gasteiger partial charge in [-0.05, 0) is 38.1 Å². The third-order valence-corrected chi connectivity index (χ3v) is 4.40. The average Bonchev–Trinajstić information content (AvgIpc) is 3.04. The normalized spacial score (nSPS) is 10.7. The maximum atomic E-state index is 12.6. The highest BCUT2D eigenvalue weighted by atomic mass is 32.1. The zero-order valence-electron chi connectivity index (χ0n) is 13.9. The molecule has 0 aliphatic rings. The summed E-state index contributed by atoms with van der Waals surface area (Å²) in [6.45, 7) is 3.88. The summed E-state index contributed by atoms with van der Waals surface area (Å²) in [4.78, 5) is 29.3. The number of nitrogens with zero attached hydrogens (tertiary/aromatic N) is 2. The lowest BCUT2D eigenvalue weighted by atomic mass is 10.2. The van der Waals surface area contributed by atoms with E-state index in [-0.39, 0.29) is 24.9 Å². The van der Waals surface area contributed by atoms with Gasteiger partial charge in [0.25, 0.3) is 5.91 Å². The number of rotatable bonds is 7. The molecule has 24 heavy (non-hydrogen) atoms. The average molecular weight is 348 g/mol. The largest absolute Gasteiger partial charge is 0.497 e. The lowest BCUT2D eigenvalue weighted by Crippen LogP contribution is -2.38. The zero-order valence-corrected chi connectivity index (χ0v) is 14.7. The SMILES string of the molecule is COc1ccc(-c2nc(C(=O)N(CCC(=O)O)C(C)C)cs2)cc1. The van der Waals surface area contributed by atoms with Crippen molar-refractivity contribution < 1.29 is 19.4 Å². The molecule has 128 valence electrons. The van der Waals surface area contributed by atoms with E-state index >= 15 is 0 Å². The molecule has 0 spiro atoms. The highest BCUT2D eigenvalue weighted by molar-refractivity contribution is 7.13. The van der Waals surface area contributed by atoms with Crippen LogP contribution in [0.2, 0.25) is 0 Å². The Balaban J connectivity index is 2.17. The monoisotopic (exact) mass is 348 g/mol. The predicted molar refractivity (Wildman–Crippen MR) is 92.5 cm³/mol. The quantitative estimate of drug-likeness (QED) is 0.831. The summed E-state index contributed by atoms with van der Waals surface area (Å²) in [5.74, 6) is -0.417. The molecule has 1 heterocycles. The maximum Gasteiger partial charge on any atom is 0.305 e. The number of thiazole rings is 1. The molecule has 1 N–H and O–H groups in total. The van der Waals surface area contributed by atoms with Crippen molar-refractivity contribution in [2.75, 3.05) is 13.7 Å². The highest BCUT2D eigenvalue weighted by Crippen LogP contribution is 2.26. The molecule has 2 aromatic rings. The van der Waals surface area contributed by atoms with Crippen LogP contribution in [-0.2, 0) is 4.79 Å². The molecule has 0 saturated heterocycles. The lowest BCUT2D eigenvalue weighted by molar-refractivity contribution is -0.137. The van der Waals surface area contributed by atoms with Crippen LogP contribution in [0.1, 0.15) is 30.8 Å².